The highest BCUT2D eigenvalue weighted by molar-refractivity contribution is 5.85. The van der Waals surface area contributed by atoms with Crippen molar-refractivity contribution in [1.82, 2.24) is 10.2 Å². The largest absolute Gasteiger partial charge is 0.497 e. The number of piperazine rings is 1. The van der Waals surface area contributed by atoms with E-state index >= 15 is 0 Å². The summed E-state index contributed by atoms with van der Waals surface area (Å²) in [5.41, 5.74) is 1.18. The molecule has 0 aromatic heterocycles. The van der Waals surface area contributed by atoms with Gasteiger partial charge in [-0.05, 0) is 31.0 Å². The van der Waals surface area contributed by atoms with E-state index in [-0.39, 0.29) is 18.3 Å². The molecular formula is C15H23ClN2O2. The lowest BCUT2D eigenvalue weighted by molar-refractivity contribution is -0.133. The van der Waals surface area contributed by atoms with Crippen LogP contribution in [0.4, 0.5) is 0 Å². The zero-order valence-electron chi connectivity index (χ0n) is 12.1. The summed E-state index contributed by atoms with van der Waals surface area (Å²) in [5.74, 6) is 1.11. The number of carbonyl (C=O) groups is 1. The second-order valence-corrected chi connectivity index (χ2v) is 4.99. The molecule has 1 aromatic carbocycles. The first-order valence-electron chi connectivity index (χ1n) is 6.84. The molecule has 2 rings (SSSR count). The average molecular weight is 299 g/mol. The van der Waals surface area contributed by atoms with Crippen LogP contribution in [-0.2, 0) is 11.2 Å². The molecule has 5 heteroatoms. The van der Waals surface area contributed by atoms with Gasteiger partial charge in [-0.3, -0.25) is 4.79 Å². The van der Waals surface area contributed by atoms with E-state index in [1.54, 1.807) is 7.11 Å². The summed E-state index contributed by atoms with van der Waals surface area (Å²) in [6.45, 7) is 4.72. The van der Waals surface area contributed by atoms with Crippen LogP contribution in [0.1, 0.15) is 18.9 Å². The van der Waals surface area contributed by atoms with Crippen LogP contribution in [-0.4, -0.2) is 43.6 Å². The molecule has 0 unspecified atom stereocenters. The Morgan fingerprint density at radius 1 is 1.40 bits per heavy atom. The number of nitrogens with one attached hydrogen (secondary N) is 1. The van der Waals surface area contributed by atoms with Crippen LogP contribution in [0.25, 0.3) is 0 Å². The van der Waals surface area contributed by atoms with Crippen molar-refractivity contribution in [3.8, 4) is 5.75 Å². The molecule has 1 fully saturated rings. The number of halogens is 1. The molecule has 0 radical (unpaired) electrons. The maximum Gasteiger partial charge on any atom is 0.223 e. The van der Waals surface area contributed by atoms with Crippen LogP contribution in [0.5, 0.6) is 5.75 Å². The fourth-order valence-electron chi connectivity index (χ4n) is 2.40. The topological polar surface area (TPSA) is 41.6 Å². The predicted molar refractivity (Wildman–Crippen MR) is 82.6 cm³/mol. The summed E-state index contributed by atoms with van der Waals surface area (Å²) >= 11 is 0. The Bertz CT molecular complexity index is 422. The van der Waals surface area contributed by atoms with Gasteiger partial charge in [0.1, 0.15) is 5.75 Å². The Morgan fingerprint density at radius 2 is 2.10 bits per heavy atom. The van der Waals surface area contributed by atoms with Gasteiger partial charge in [0.05, 0.1) is 7.11 Å². The molecule has 1 atom stereocenters. The molecule has 1 aromatic rings. The molecule has 0 aliphatic carbocycles. The number of hydrogen-bond donors (Lipinski definition) is 1. The molecule has 1 N–H and O–H groups in total. The van der Waals surface area contributed by atoms with Gasteiger partial charge in [-0.25, -0.2) is 0 Å². The van der Waals surface area contributed by atoms with Gasteiger partial charge in [0, 0.05) is 32.1 Å². The van der Waals surface area contributed by atoms with Crippen molar-refractivity contribution >= 4 is 18.3 Å². The fourth-order valence-corrected chi connectivity index (χ4v) is 2.40. The van der Waals surface area contributed by atoms with E-state index in [1.807, 2.05) is 29.2 Å². The fraction of sp³-hybridized carbons (Fsp3) is 0.533. The maximum atomic E-state index is 12.2. The zero-order chi connectivity index (χ0) is 13.7. The standard InChI is InChI=1S/C15H22N2O2.ClH/c1-12-11-16-9-10-17(12)15(18)8-5-13-3-6-14(19-2)7-4-13;/h3-4,6-7,12,16H,5,8-11H2,1-2H3;1H/t12-;/m0./s1. The molecule has 112 valence electrons. The number of carbonyl (C=O) groups excluding carboxylic acids is 1. The monoisotopic (exact) mass is 298 g/mol. The normalized spacial score (nSPS) is 18.3. The van der Waals surface area contributed by atoms with Crippen LogP contribution in [0.15, 0.2) is 24.3 Å². The SMILES string of the molecule is COc1ccc(CCC(=O)N2CCNC[C@@H]2C)cc1.Cl. The molecule has 1 heterocycles. The van der Waals surface area contributed by atoms with Crippen LogP contribution < -0.4 is 10.1 Å². The second kappa shape index (κ2) is 8.12. The third kappa shape index (κ3) is 4.39. The summed E-state index contributed by atoms with van der Waals surface area (Å²) in [6, 6.07) is 8.22. The van der Waals surface area contributed by atoms with Gasteiger partial charge in [-0.2, -0.15) is 0 Å². The first-order valence-corrected chi connectivity index (χ1v) is 6.84. The van der Waals surface area contributed by atoms with E-state index in [9.17, 15) is 4.79 Å². The molecule has 1 saturated heterocycles. The summed E-state index contributed by atoms with van der Waals surface area (Å²) in [7, 11) is 1.66. The first-order chi connectivity index (χ1) is 9.20. The number of benzene rings is 1. The Hall–Kier alpha value is -1.26. The van der Waals surface area contributed by atoms with Gasteiger partial charge >= 0.3 is 0 Å². The van der Waals surface area contributed by atoms with Crippen LogP contribution in [0.2, 0.25) is 0 Å². The van der Waals surface area contributed by atoms with E-state index in [0.29, 0.717) is 12.5 Å². The lowest BCUT2D eigenvalue weighted by Crippen LogP contribution is -2.52. The van der Waals surface area contributed by atoms with Crippen molar-refractivity contribution in [2.45, 2.75) is 25.8 Å². The smallest absolute Gasteiger partial charge is 0.223 e. The van der Waals surface area contributed by atoms with E-state index < -0.39 is 0 Å². The third-order valence-corrected chi connectivity index (χ3v) is 3.61. The number of amides is 1. The van der Waals surface area contributed by atoms with Crippen molar-refractivity contribution in [2.24, 2.45) is 0 Å². The van der Waals surface area contributed by atoms with Crippen LogP contribution >= 0.6 is 12.4 Å². The van der Waals surface area contributed by atoms with E-state index in [4.69, 9.17) is 4.74 Å². The van der Waals surface area contributed by atoms with Gasteiger partial charge in [0.2, 0.25) is 5.91 Å². The van der Waals surface area contributed by atoms with E-state index in [1.165, 1.54) is 5.56 Å². The van der Waals surface area contributed by atoms with Gasteiger partial charge < -0.3 is 15.0 Å². The Morgan fingerprint density at radius 3 is 2.70 bits per heavy atom. The highest BCUT2D eigenvalue weighted by atomic mass is 35.5. The molecule has 1 aliphatic rings. The van der Waals surface area contributed by atoms with Gasteiger partial charge in [-0.1, -0.05) is 12.1 Å². The zero-order valence-corrected chi connectivity index (χ0v) is 12.9. The Balaban J connectivity index is 0.00000200. The summed E-state index contributed by atoms with van der Waals surface area (Å²) < 4.78 is 5.12. The molecule has 4 nitrogen and oxygen atoms in total. The number of methoxy groups -OCH3 is 1. The van der Waals surface area contributed by atoms with Crippen molar-refractivity contribution < 1.29 is 9.53 Å². The Labute approximate surface area is 126 Å². The molecule has 20 heavy (non-hydrogen) atoms. The van der Waals surface area contributed by atoms with E-state index in [0.717, 1.165) is 31.8 Å². The predicted octanol–water partition coefficient (Wildman–Crippen LogP) is 1.87. The van der Waals surface area contributed by atoms with E-state index in [2.05, 4.69) is 12.2 Å². The number of hydrogen-bond acceptors (Lipinski definition) is 3. The van der Waals surface area contributed by atoms with Gasteiger partial charge in [0.15, 0.2) is 0 Å². The second-order valence-electron chi connectivity index (χ2n) is 4.99. The van der Waals surface area contributed by atoms with Crippen molar-refractivity contribution in [3.05, 3.63) is 29.8 Å². The maximum absolute atomic E-state index is 12.2. The number of aryl methyl sites for hydroxylation is 1. The Kier molecular flexibility index (Phi) is 6.82. The molecule has 0 saturated carbocycles. The molecule has 1 aliphatic heterocycles. The van der Waals surface area contributed by atoms with Crippen molar-refractivity contribution in [2.75, 3.05) is 26.7 Å². The van der Waals surface area contributed by atoms with Gasteiger partial charge in [-0.15, -0.1) is 12.4 Å². The molecule has 0 bridgehead atoms. The average Bonchev–Trinajstić information content (AvgIpc) is 2.46. The van der Waals surface area contributed by atoms with Crippen LogP contribution in [0, 0.1) is 0 Å². The third-order valence-electron chi connectivity index (χ3n) is 3.61. The molecule has 0 spiro atoms. The minimum absolute atomic E-state index is 0. The number of nitrogens with zero attached hydrogens (tertiary/aromatic N) is 1. The van der Waals surface area contributed by atoms with Crippen LogP contribution in [0.3, 0.4) is 0 Å². The van der Waals surface area contributed by atoms with Gasteiger partial charge in [0.25, 0.3) is 0 Å². The lowest BCUT2D eigenvalue weighted by Gasteiger charge is -2.34. The minimum atomic E-state index is 0. The van der Waals surface area contributed by atoms with Crippen molar-refractivity contribution in [1.29, 1.82) is 0 Å². The number of ether oxygens (including phenoxy) is 1. The minimum Gasteiger partial charge on any atom is -0.497 e. The summed E-state index contributed by atoms with van der Waals surface area (Å²) in [6.07, 6.45) is 1.37. The summed E-state index contributed by atoms with van der Waals surface area (Å²) in [4.78, 5) is 14.2. The highest BCUT2D eigenvalue weighted by Crippen LogP contribution is 2.14. The highest BCUT2D eigenvalue weighted by Gasteiger charge is 2.22. The summed E-state index contributed by atoms with van der Waals surface area (Å²) in [5, 5.41) is 3.30. The molecular weight excluding hydrogens is 276 g/mol. The first kappa shape index (κ1) is 16.8. The quantitative estimate of drug-likeness (QED) is 0.923. The number of rotatable bonds is 4. The van der Waals surface area contributed by atoms with Crippen molar-refractivity contribution in [3.63, 3.8) is 0 Å². The molecule has 1 amide bonds. The lowest BCUT2D eigenvalue weighted by atomic mass is 10.1.